The molecule has 3 heterocycles. The van der Waals surface area contributed by atoms with Gasteiger partial charge in [0, 0.05) is 38.2 Å². The molecule has 0 N–H and O–H groups in total. The van der Waals surface area contributed by atoms with Crippen LogP contribution in [-0.4, -0.2) is 29.1 Å². The molecule has 12 aromatic rings. The van der Waals surface area contributed by atoms with Crippen molar-refractivity contribution in [3.63, 3.8) is 0 Å². The molecule has 0 aliphatic heterocycles. The molecule has 6 heteroatoms. The normalized spacial score (nSPS) is 11.7. The number of hydrogen-bond acceptors (Lipinski definition) is 4. The van der Waals surface area contributed by atoms with Crippen LogP contribution in [-0.2, 0) is 0 Å². The minimum atomic E-state index is 0.574. The lowest BCUT2D eigenvalue weighted by Gasteiger charge is -2.13. The first-order valence-electron chi connectivity index (χ1n) is 20.1. The first-order valence-corrected chi connectivity index (χ1v) is 20.1. The molecule has 0 amide bonds. The number of rotatable bonds is 6. The number of nitrogens with zero attached hydrogens (tertiary/aromatic N) is 6. The highest BCUT2D eigenvalue weighted by Crippen LogP contribution is 2.39. The Kier molecular flexibility index (Phi) is 7.74. The van der Waals surface area contributed by atoms with Gasteiger partial charge in [0.15, 0.2) is 11.6 Å². The van der Waals surface area contributed by atoms with Crippen LogP contribution < -0.4 is 0 Å². The van der Waals surface area contributed by atoms with Gasteiger partial charge in [-0.1, -0.05) is 176 Å². The van der Waals surface area contributed by atoms with Crippen molar-refractivity contribution in [2.45, 2.75) is 0 Å². The van der Waals surface area contributed by atoms with E-state index < -0.39 is 0 Å². The Morgan fingerprint density at radius 2 is 0.917 bits per heavy atom. The van der Waals surface area contributed by atoms with Gasteiger partial charge in [-0.05, 0) is 52.2 Å². The summed E-state index contributed by atoms with van der Waals surface area (Å²) in [4.78, 5) is 20.6. The first kappa shape index (κ1) is 33.9. The molecular formula is C54H34N6. The fourth-order valence-corrected chi connectivity index (χ4v) is 8.74. The summed E-state index contributed by atoms with van der Waals surface area (Å²) in [5.74, 6) is 2.73. The van der Waals surface area contributed by atoms with Crippen LogP contribution >= 0.6 is 0 Å². The second-order valence-corrected chi connectivity index (χ2v) is 15.1. The molecule has 280 valence electrons. The van der Waals surface area contributed by atoms with Crippen molar-refractivity contribution in [3.05, 3.63) is 206 Å². The molecule has 60 heavy (non-hydrogen) atoms. The predicted octanol–water partition coefficient (Wildman–Crippen LogP) is 13.3. The average Bonchev–Trinajstić information content (AvgIpc) is 3.88. The Labute approximate surface area is 345 Å². The Morgan fingerprint density at radius 3 is 1.67 bits per heavy atom. The van der Waals surface area contributed by atoms with Crippen molar-refractivity contribution >= 4 is 54.4 Å². The van der Waals surface area contributed by atoms with Gasteiger partial charge in [0.25, 0.3) is 0 Å². The minimum Gasteiger partial charge on any atom is -0.292 e. The Hall–Kier alpha value is -8.22. The maximum absolute atomic E-state index is 5.19. The Bertz CT molecular complexity index is 3520. The van der Waals surface area contributed by atoms with E-state index in [1.165, 1.54) is 10.8 Å². The van der Waals surface area contributed by atoms with Crippen molar-refractivity contribution in [3.8, 4) is 56.9 Å². The number of fused-ring (bicyclic) bond motifs is 7. The topological polar surface area (TPSA) is 61.4 Å². The lowest BCUT2D eigenvalue weighted by Crippen LogP contribution is -2.06. The van der Waals surface area contributed by atoms with Gasteiger partial charge < -0.3 is 0 Å². The fraction of sp³-hybridized carbons (Fsp3) is 0. The van der Waals surface area contributed by atoms with Crippen LogP contribution in [0, 0.1) is 0 Å². The van der Waals surface area contributed by atoms with Gasteiger partial charge in [0.05, 0.1) is 27.8 Å². The van der Waals surface area contributed by atoms with Crippen LogP contribution in [0.3, 0.4) is 0 Å². The Balaban J connectivity index is 1.03. The second-order valence-electron chi connectivity index (χ2n) is 15.1. The van der Waals surface area contributed by atoms with E-state index in [1.54, 1.807) is 0 Å². The van der Waals surface area contributed by atoms with Crippen molar-refractivity contribution in [2.24, 2.45) is 0 Å². The number of benzene rings is 9. The molecule has 0 spiro atoms. The quantitative estimate of drug-likeness (QED) is 0.169. The lowest BCUT2D eigenvalue weighted by atomic mass is 10.0. The van der Waals surface area contributed by atoms with Gasteiger partial charge in [-0.2, -0.15) is 9.97 Å². The zero-order chi connectivity index (χ0) is 39.6. The molecule has 9 aromatic carbocycles. The number of hydrogen-bond donors (Lipinski definition) is 0. The summed E-state index contributed by atoms with van der Waals surface area (Å²) in [5.41, 5.74) is 10.4. The summed E-state index contributed by atoms with van der Waals surface area (Å²) in [6.07, 6.45) is 0. The minimum absolute atomic E-state index is 0.574. The fourth-order valence-electron chi connectivity index (χ4n) is 8.74. The van der Waals surface area contributed by atoms with Crippen molar-refractivity contribution < 1.29 is 0 Å². The third kappa shape index (κ3) is 5.50. The zero-order valence-electron chi connectivity index (χ0n) is 32.3. The largest absolute Gasteiger partial charge is 0.292 e. The van der Waals surface area contributed by atoms with Gasteiger partial charge >= 0.3 is 0 Å². The van der Waals surface area contributed by atoms with E-state index in [2.05, 4.69) is 155 Å². The summed E-state index contributed by atoms with van der Waals surface area (Å²) in [6, 6.07) is 72.2. The van der Waals surface area contributed by atoms with E-state index in [0.29, 0.717) is 17.6 Å². The summed E-state index contributed by atoms with van der Waals surface area (Å²) in [6.45, 7) is 0. The van der Waals surface area contributed by atoms with Gasteiger partial charge in [-0.3, -0.25) is 9.13 Å². The molecule has 6 nitrogen and oxygen atoms in total. The van der Waals surface area contributed by atoms with Gasteiger partial charge in [0.2, 0.25) is 5.95 Å². The molecule has 0 saturated carbocycles. The molecule has 0 aliphatic carbocycles. The molecule has 0 fully saturated rings. The predicted molar refractivity (Wildman–Crippen MR) is 246 cm³/mol. The summed E-state index contributed by atoms with van der Waals surface area (Å²) in [7, 11) is 0. The molecule has 12 rings (SSSR count). The number of para-hydroxylation sites is 2. The molecule has 0 bridgehead atoms. The summed E-state index contributed by atoms with van der Waals surface area (Å²) >= 11 is 0. The number of aromatic nitrogens is 6. The van der Waals surface area contributed by atoms with Crippen molar-refractivity contribution in [1.82, 2.24) is 29.1 Å². The molecule has 0 radical (unpaired) electrons. The molecule has 0 aliphatic rings. The molecule has 0 atom stereocenters. The van der Waals surface area contributed by atoms with Gasteiger partial charge in [-0.25, -0.2) is 9.97 Å². The van der Waals surface area contributed by atoms with E-state index in [1.807, 2.05) is 60.7 Å². The zero-order valence-corrected chi connectivity index (χ0v) is 32.3. The third-order valence-electron chi connectivity index (χ3n) is 11.6. The number of imidazole rings is 1. The second kappa shape index (κ2) is 13.7. The van der Waals surface area contributed by atoms with Crippen molar-refractivity contribution in [1.29, 1.82) is 0 Å². The molecule has 0 saturated heterocycles. The standard InChI is InChI=1S/C54H34N6/c1-3-16-38(17-4-1)51-56-52(39-18-5-2-6-19-39)58-54(57-51)60-48-33-31-41(34-45(48)44-32-30-37-15-8-10-22-43(37)50(44)60)35-26-28-40(29-27-35)53-55-46-23-11-12-24-49(46)59(53)47-25-13-20-36-14-7-9-21-42(36)47/h1-34H. The van der Waals surface area contributed by atoms with E-state index >= 15 is 0 Å². The Morgan fingerprint density at radius 1 is 0.317 bits per heavy atom. The van der Waals surface area contributed by atoms with E-state index in [9.17, 15) is 0 Å². The van der Waals surface area contributed by atoms with Crippen LogP contribution in [0.2, 0.25) is 0 Å². The smallest absolute Gasteiger partial charge is 0.238 e. The highest BCUT2D eigenvalue weighted by Gasteiger charge is 2.21. The first-order chi connectivity index (χ1) is 29.7. The monoisotopic (exact) mass is 766 g/mol. The van der Waals surface area contributed by atoms with Crippen molar-refractivity contribution in [2.75, 3.05) is 0 Å². The molecular weight excluding hydrogens is 733 g/mol. The SMILES string of the molecule is c1ccc(-c2nc(-c3ccccc3)nc(-n3c4ccc(-c5ccc(-c6nc7ccccc7n6-c6cccc7ccccc67)cc5)cc4c4ccc5ccccc5c43)n2)cc1. The average molecular weight is 767 g/mol. The maximum atomic E-state index is 5.19. The van der Waals surface area contributed by atoms with Crippen LogP contribution in [0.1, 0.15) is 0 Å². The van der Waals surface area contributed by atoms with E-state index in [4.69, 9.17) is 19.9 Å². The summed E-state index contributed by atoms with van der Waals surface area (Å²) < 4.78 is 4.52. The van der Waals surface area contributed by atoms with Gasteiger partial charge in [-0.15, -0.1) is 0 Å². The third-order valence-corrected chi connectivity index (χ3v) is 11.6. The van der Waals surface area contributed by atoms with Crippen LogP contribution in [0.25, 0.3) is 111 Å². The summed E-state index contributed by atoms with van der Waals surface area (Å²) in [5, 5.41) is 6.93. The van der Waals surface area contributed by atoms with E-state index in [-0.39, 0.29) is 0 Å². The van der Waals surface area contributed by atoms with Crippen LogP contribution in [0.5, 0.6) is 0 Å². The molecule has 0 unspecified atom stereocenters. The highest BCUT2D eigenvalue weighted by atomic mass is 15.2. The van der Waals surface area contributed by atoms with Gasteiger partial charge in [0.1, 0.15) is 5.82 Å². The van der Waals surface area contributed by atoms with Crippen LogP contribution in [0.15, 0.2) is 206 Å². The van der Waals surface area contributed by atoms with Crippen LogP contribution in [0.4, 0.5) is 0 Å². The maximum Gasteiger partial charge on any atom is 0.238 e. The highest BCUT2D eigenvalue weighted by molar-refractivity contribution is 6.19. The van der Waals surface area contributed by atoms with E-state index in [0.717, 1.165) is 82.9 Å². The molecule has 3 aromatic heterocycles. The lowest BCUT2D eigenvalue weighted by molar-refractivity contribution is 0.955.